The molecule has 2 aromatic carbocycles. The van der Waals surface area contributed by atoms with Crippen LogP contribution in [0, 0.1) is 5.92 Å². The molecule has 41 heavy (non-hydrogen) atoms. The molecule has 0 unspecified atom stereocenters. The van der Waals surface area contributed by atoms with Gasteiger partial charge in [0.2, 0.25) is 5.88 Å². The first-order chi connectivity index (χ1) is 19.8. The van der Waals surface area contributed by atoms with E-state index in [1.165, 1.54) is 6.07 Å². The van der Waals surface area contributed by atoms with Crippen LogP contribution in [0.2, 0.25) is 0 Å². The lowest BCUT2D eigenvalue weighted by Gasteiger charge is -2.13. The number of halogens is 3. The SMILES string of the molecule is O=C(OCc1ccccc1)[C@@H]1CC[C@@H](Oc2ccc(-c3ccc(-c4nc5ccc(C(F)(F)F)cc5[nH]4)cn3)cn2)C1. The molecule has 0 amide bonds. The van der Waals surface area contributed by atoms with Crippen molar-refractivity contribution in [3.8, 4) is 28.5 Å². The van der Waals surface area contributed by atoms with E-state index in [-0.39, 0.29) is 24.6 Å². The molecule has 0 bridgehead atoms. The van der Waals surface area contributed by atoms with E-state index in [9.17, 15) is 18.0 Å². The first-order valence-electron chi connectivity index (χ1n) is 13.2. The van der Waals surface area contributed by atoms with E-state index in [2.05, 4.69) is 19.9 Å². The summed E-state index contributed by atoms with van der Waals surface area (Å²) in [6.07, 6.45) is 0.775. The molecule has 2 atom stereocenters. The van der Waals surface area contributed by atoms with Gasteiger partial charge < -0.3 is 14.5 Å². The second-order valence-electron chi connectivity index (χ2n) is 9.98. The number of hydrogen-bond acceptors (Lipinski definition) is 6. The molecule has 5 aromatic rings. The number of alkyl halides is 3. The Morgan fingerprint density at radius 1 is 0.927 bits per heavy atom. The normalized spacial score (nSPS) is 17.0. The molecule has 208 valence electrons. The lowest BCUT2D eigenvalue weighted by Crippen LogP contribution is -2.18. The van der Waals surface area contributed by atoms with Crippen molar-refractivity contribution in [2.45, 2.75) is 38.1 Å². The van der Waals surface area contributed by atoms with E-state index in [1.54, 1.807) is 30.6 Å². The fraction of sp³-hybridized carbons (Fsp3) is 0.226. The number of aromatic amines is 1. The molecule has 1 N–H and O–H groups in total. The Bertz CT molecular complexity index is 1650. The smallest absolute Gasteiger partial charge is 0.416 e. The number of rotatable bonds is 7. The van der Waals surface area contributed by atoms with Gasteiger partial charge in [0, 0.05) is 29.6 Å². The maximum atomic E-state index is 13.0. The van der Waals surface area contributed by atoms with Gasteiger partial charge in [-0.15, -0.1) is 0 Å². The van der Waals surface area contributed by atoms with Crippen LogP contribution >= 0.6 is 0 Å². The molecular formula is C31H25F3N4O3. The van der Waals surface area contributed by atoms with Gasteiger partial charge in [-0.05, 0) is 61.2 Å². The van der Waals surface area contributed by atoms with Crippen LogP contribution < -0.4 is 4.74 Å². The summed E-state index contributed by atoms with van der Waals surface area (Å²) in [4.78, 5) is 28.7. The highest BCUT2D eigenvalue weighted by Crippen LogP contribution is 2.33. The third-order valence-electron chi connectivity index (χ3n) is 7.11. The van der Waals surface area contributed by atoms with Crippen molar-refractivity contribution in [2.75, 3.05) is 0 Å². The zero-order valence-corrected chi connectivity index (χ0v) is 21.8. The van der Waals surface area contributed by atoms with Gasteiger partial charge in [-0.2, -0.15) is 13.2 Å². The molecular weight excluding hydrogens is 533 g/mol. The van der Waals surface area contributed by atoms with Gasteiger partial charge in [0.25, 0.3) is 0 Å². The Balaban J connectivity index is 1.05. The number of esters is 1. The first kappa shape index (κ1) is 26.5. The van der Waals surface area contributed by atoms with Crippen LogP contribution in [0.4, 0.5) is 13.2 Å². The molecule has 6 rings (SSSR count). The number of benzene rings is 2. The quantitative estimate of drug-likeness (QED) is 0.217. The molecule has 3 heterocycles. The zero-order chi connectivity index (χ0) is 28.4. The highest BCUT2D eigenvalue weighted by Gasteiger charge is 2.33. The van der Waals surface area contributed by atoms with Crippen molar-refractivity contribution in [1.29, 1.82) is 0 Å². The molecule has 3 aromatic heterocycles. The molecule has 1 aliphatic carbocycles. The zero-order valence-electron chi connectivity index (χ0n) is 21.8. The molecule has 1 fully saturated rings. The number of nitrogens with one attached hydrogen (secondary N) is 1. The highest BCUT2D eigenvalue weighted by molar-refractivity contribution is 5.80. The Hall–Kier alpha value is -4.73. The number of H-pyrrole nitrogens is 1. The van der Waals surface area contributed by atoms with Crippen LogP contribution in [0.5, 0.6) is 5.88 Å². The Morgan fingerprint density at radius 3 is 2.46 bits per heavy atom. The minimum atomic E-state index is -4.42. The van der Waals surface area contributed by atoms with E-state index < -0.39 is 11.7 Å². The summed E-state index contributed by atoms with van der Waals surface area (Å²) in [5, 5.41) is 0. The lowest BCUT2D eigenvalue weighted by atomic mass is 10.1. The van der Waals surface area contributed by atoms with Crippen molar-refractivity contribution in [3.63, 3.8) is 0 Å². The Labute approximate surface area is 233 Å². The van der Waals surface area contributed by atoms with Crippen LogP contribution in [0.1, 0.15) is 30.4 Å². The molecule has 1 saturated carbocycles. The minimum Gasteiger partial charge on any atom is -0.474 e. The number of imidazole rings is 1. The lowest BCUT2D eigenvalue weighted by molar-refractivity contribution is -0.149. The topological polar surface area (TPSA) is 90.0 Å². The largest absolute Gasteiger partial charge is 0.474 e. The predicted octanol–water partition coefficient (Wildman–Crippen LogP) is 7.00. The van der Waals surface area contributed by atoms with Gasteiger partial charge in [-0.1, -0.05) is 30.3 Å². The van der Waals surface area contributed by atoms with Crippen LogP contribution in [0.15, 0.2) is 85.2 Å². The number of aromatic nitrogens is 4. The number of pyridine rings is 2. The van der Waals surface area contributed by atoms with Crippen LogP contribution in [0.25, 0.3) is 33.7 Å². The summed E-state index contributed by atoms with van der Waals surface area (Å²) in [5.41, 5.74) is 3.05. The van der Waals surface area contributed by atoms with Gasteiger partial charge in [0.05, 0.1) is 28.2 Å². The second-order valence-corrected chi connectivity index (χ2v) is 9.98. The Morgan fingerprint density at radius 2 is 1.73 bits per heavy atom. The number of carbonyl (C=O) groups excluding carboxylic acids is 1. The number of fused-ring (bicyclic) bond motifs is 1. The van der Waals surface area contributed by atoms with Gasteiger partial charge in [0.15, 0.2) is 0 Å². The summed E-state index contributed by atoms with van der Waals surface area (Å²) in [7, 11) is 0. The number of hydrogen-bond donors (Lipinski definition) is 1. The van der Waals surface area contributed by atoms with Gasteiger partial charge in [-0.25, -0.2) is 9.97 Å². The number of carbonyl (C=O) groups is 1. The van der Waals surface area contributed by atoms with Gasteiger partial charge in [-0.3, -0.25) is 9.78 Å². The molecule has 0 saturated heterocycles. The first-order valence-corrected chi connectivity index (χ1v) is 13.2. The summed E-state index contributed by atoms with van der Waals surface area (Å²) in [5.74, 6) is 0.504. The maximum absolute atomic E-state index is 13.0. The fourth-order valence-corrected chi connectivity index (χ4v) is 4.91. The molecule has 0 spiro atoms. The number of ether oxygens (including phenoxy) is 2. The fourth-order valence-electron chi connectivity index (χ4n) is 4.91. The van der Waals surface area contributed by atoms with Crippen LogP contribution in [0.3, 0.4) is 0 Å². The summed E-state index contributed by atoms with van der Waals surface area (Å²) in [6, 6.07) is 20.2. The summed E-state index contributed by atoms with van der Waals surface area (Å²) in [6.45, 7) is 0.265. The molecule has 0 aliphatic heterocycles. The minimum absolute atomic E-state index is 0.115. The van der Waals surface area contributed by atoms with Crippen molar-refractivity contribution in [1.82, 2.24) is 19.9 Å². The van der Waals surface area contributed by atoms with E-state index in [0.717, 1.165) is 29.7 Å². The van der Waals surface area contributed by atoms with E-state index in [1.807, 2.05) is 36.4 Å². The molecule has 10 heteroatoms. The summed E-state index contributed by atoms with van der Waals surface area (Å²) >= 11 is 0. The predicted molar refractivity (Wildman–Crippen MR) is 146 cm³/mol. The van der Waals surface area contributed by atoms with E-state index >= 15 is 0 Å². The van der Waals surface area contributed by atoms with E-state index in [4.69, 9.17) is 9.47 Å². The van der Waals surface area contributed by atoms with Crippen LogP contribution in [-0.2, 0) is 22.3 Å². The monoisotopic (exact) mass is 558 g/mol. The Kier molecular flexibility index (Phi) is 7.13. The highest BCUT2D eigenvalue weighted by atomic mass is 19.4. The van der Waals surface area contributed by atoms with Crippen molar-refractivity contribution >= 4 is 17.0 Å². The summed E-state index contributed by atoms with van der Waals surface area (Å²) < 4.78 is 50.6. The molecule has 7 nitrogen and oxygen atoms in total. The maximum Gasteiger partial charge on any atom is 0.416 e. The van der Waals surface area contributed by atoms with Gasteiger partial charge in [0.1, 0.15) is 18.5 Å². The van der Waals surface area contributed by atoms with Gasteiger partial charge >= 0.3 is 12.1 Å². The van der Waals surface area contributed by atoms with Crippen molar-refractivity contribution in [2.24, 2.45) is 5.92 Å². The van der Waals surface area contributed by atoms with E-state index in [0.29, 0.717) is 46.8 Å². The third kappa shape index (κ3) is 6.06. The molecule has 0 radical (unpaired) electrons. The average Bonchev–Trinajstić information content (AvgIpc) is 3.63. The third-order valence-corrected chi connectivity index (χ3v) is 7.11. The molecule has 1 aliphatic rings. The average molecular weight is 559 g/mol. The number of nitrogens with zero attached hydrogens (tertiary/aromatic N) is 3. The standard InChI is InChI=1S/C31H25F3N4O3/c32-31(33,34)23-9-12-26-27(15-23)38-29(37-26)22-7-11-25(35-17-22)21-8-13-28(36-16-21)41-24-10-6-20(14-24)30(39)40-18-19-4-2-1-3-5-19/h1-5,7-9,11-13,15-17,20,24H,6,10,14,18H2,(H,37,38)/t20-,24-/m1/s1. The second kappa shape index (κ2) is 11.0. The van der Waals surface area contributed by atoms with Crippen molar-refractivity contribution in [3.05, 3.63) is 96.3 Å². The van der Waals surface area contributed by atoms with Crippen LogP contribution in [-0.4, -0.2) is 32.0 Å². The van der Waals surface area contributed by atoms with Crippen molar-refractivity contribution < 1.29 is 27.4 Å².